The molecule has 2 N–H and O–H groups in total. The number of anilines is 1. The Bertz CT molecular complexity index is 691. The Balaban J connectivity index is 2.31. The van der Waals surface area contributed by atoms with E-state index in [1.807, 2.05) is 30.3 Å². The van der Waals surface area contributed by atoms with E-state index < -0.39 is 0 Å². The van der Waals surface area contributed by atoms with Crippen LogP contribution in [0, 0.1) is 0 Å². The van der Waals surface area contributed by atoms with Crippen molar-refractivity contribution in [2.24, 2.45) is 0 Å². The van der Waals surface area contributed by atoms with Crippen LogP contribution in [0.4, 0.5) is 5.69 Å². The van der Waals surface area contributed by atoms with Crippen molar-refractivity contribution >= 4 is 27.3 Å². The summed E-state index contributed by atoms with van der Waals surface area (Å²) in [5, 5.41) is 12.4. The van der Waals surface area contributed by atoms with E-state index in [1.165, 1.54) is 0 Å². The number of nitrogens with two attached hydrogens (primary N) is 1. The maximum atomic E-state index is 5.94. The van der Waals surface area contributed by atoms with Gasteiger partial charge >= 0.3 is 0 Å². The molecule has 0 aliphatic carbocycles. The average Bonchev–Trinajstić information content (AvgIpc) is 2.76. The Morgan fingerprint density at radius 2 is 2.06 bits per heavy atom. The number of fused-ring (bicyclic) bond motifs is 1. The van der Waals surface area contributed by atoms with Crippen molar-refractivity contribution in [3.8, 4) is 11.4 Å². The van der Waals surface area contributed by atoms with Crippen LogP contribution in [0.5, 0.6) is 0 Å². The van der Waals surface area contributed by atoms with E-state index in [-0.39, 0.29) is 0 Å². The number of aromatic nitrogens is 4. The molecular formula is C11H8BrN5. The van der Waals surface area contributed by atoms with Crippen molar-refractivity contribution < 1.29 is 0 Å². The number of benzene rings is 1. The molecule has 1 aromatic carbocycles. The Kier molecular flexibility index (Phi) is 2.29. The number of halogens is 1. The third kappa shape index (κ3) is 1.66. The van der Waals surface area contributed by atoms with E-state index in [0.29, 0.717) is 17.2 Å². The number of rotatable bonds is 1. The van der Waals surface area contributed by atoms with Crippen molar-refractivity contribution in [3.63, 3.8) is 0 Å². The van der Waals surface area contributed by atoms with Gasteiger partial charge in [-0.05, 0) is 30.3 Å². The molecule has 2 heterocycles. The van der Waals surface area contributed by atoms with Gasteiger partial charge in [-0.1, -0.05) is 15.9 Å². The van der Waals surface area contributed by atoms with Crippen LogP contribution in [-0.2, 0) is 0 Å². The molecule has 0 saturated carbocycles. The van der Waals surface area contributed by atoms with E-state index in [4.69, 9.17) is 5.73 Å². The van der Waals surface area contributed by atoms with Crippen LogP contribution in [0.15, 0.2) is 41.0 Å². The fourth-order valence-electron chi connectivity index (χ4n) is 1.63. The van der Waals surface area contributed by atoms with E-state index >= 15 is 0 Å². The first kappa shape index (κ1) is 10.2. The number of nitrogen functional groups attached to an aromatic ring is 1. The van der Waals surface area contributed by atoms with Crippen LogP contribution >= 0.6 is 15.9 Å². The van der Waals surface area contributed by atoms with Gasteiger partial charge in [0.1, 0.15) is 0 Å². The summed E-state index contributed by atoms with van der Waals surface area (Å²) in [4.78, 5) is 0. The van der Waals surface area contributed by atoms with Gasteiger partial charge in [0, 0.05) is 21.9 Å². The third-order valence-corrected chi connectivity index (χ3v) is 2.93. The molecule has 0 radical (unpaired) electrons. The molecule has 0 aliphatic heterocycles. The zero-order chi connectivity index (χ0) is 11.8. The minimum absolute atomic E-state index is 0.638. The summed E-state index contributed by atoms with van der Waals surface area (Å²) in [7, 11) is 0. The summed E-state index contributed by atoms with van der Waals surface area (Å²) < 4.78 is 2.60. The second-order valence-electron chi connectivity index (χ2n) is 3.55. The Hall–Kier alpha value is -1.95. The average molecular weight is 290 g/mol. The number of hydrogen-bond acceptors (Lipinski definition) is 4. The van der Waals surface area contributed by atoms with Gasteiger partial charge in [0.2, 0.25) is 0 Å². The molecule has 0 saturated heterocycles. The molecule has 3 rings (SSSR count). The largest absolute Gasteiger partial charge is 0.398 e. The molecule has 0 fully saturated rings. The molecule has 0 spiro atoms. The first-order valence-corrected chi connectivity index (χ1v) is 5.77. The third-order valence-electron chi connectivity index (χ3n) is 2.43. The minimum atomic E-state index is 0.638. The molecule has 6 heteroatoms. The van der Waals surface area contributed by atoms with Crippen molar-refractivity contribution in [3.05, 3.63) is 41.0 Å². The molecule has 0 bridgehead atoms. The fourth-order valence-corrected chi connectivity index (χ4v) is 2.00. The van der Waals surface area contributed by atoms with Crippen molar-refractivity contribution in [2.45, 2.75) is 0 Å². The standard InChI is InChI=1S/C11H8BrN5/c12-7-3-4-9(13)8(6-7)11-16-15-10-2-1-5-14-17(10)11/h1-6H,13H2. The van der Waals surface area contributed by atoms with Gasteiger partial charge in [0.05, 0.1) is 0 Å². The first-order valence-electron chi connectivity index (χ1n) is 4.97. The van der Waals surface area contributed by atoms with Crippen LogP contribution in [0.2, 0.25) is 0 Å². The predicted molar refractivity (Wildman–Crippen MR) is 68.3 cm³/mol. The summed E-state index contributed by atoms with van der Waals surface area (Å²) in [6.45, 7) is 0. The highest BCUT2D eigenvalue weighted by molar-refractivity contribution is 9.10. The van der Waals surface area contributed by atoms with Gasteiger partial charge in [-0.3, -0.25) is 0 Å². The molecule has 3 aromatic rings. The second-order valence-corrected chi connectivity index (χ2v) is 4.46. The van der Waals surface area contributed by atoms with Crippen LogP contribution in [0.25, 0.3) is 17.0 Å². The van der Waals surface area contributed by atoms with E-state index in [1.54, 1.807) is 10.7 Å². The first-order chi connectivity index (χ1) is 8.25. The van der Waals surface area contributed by atoms with Gasteiger partial charge in [-0.25, -0.2) is 0 Å². The van der Waals surface area contributed by atoms with Gasteiger partial charge in [-0.15, -0.1) is 10.2 Å². The molecule has 0 atom stereocenters. The van der Waals surface area contributed by atoms with Crippen LogP contribution in [0.1, 0.15) is 0 Å². The summed E-state index contributed by atoms with van der Waals surface area (Å²) in [5.41, 5.74) is 8.10. The van der Waals surface area contributed by atoms with E-state index in [0.717, 1.165) is 10.0 Å². The minimum Gasteiger partial charge on any atom is -0.398 e. The van der Waals surface area contributed by atoms with Crippen LogP contribution in [-0.4, -0.2) is 19.8 Å². The molecule has 17 heavy (non-hydrogen) atoms. The highest BCUT2D eigenvalue weighted by Gasteiger charge is 2.11. The summed E-state index contributed by atoms with van der Waals surface area (Å²) in [6.07, 6.45) is 1.69. The van der Waals surface area contributed by atoms with Crippen LogP contribution in [0.3, 0.4) is 0 Å². The van der Waals surface area contributed by atoms with Gasteiger partial charge in [0.15, 0.2) is 11.5 Å². The molecule has 84 valence electrons. The molecule has 0 unspecified atom stereocenters. The Morgan fingerprint density at radius 3 is 2.94 bits per heavy atom. The summed E-state index contributed by atoms with van der Waals surface area (Å²) in [5.74, 6) is 0.638. The zero-order valence-corrected chi connectivity index (χ0v) is 10.3. The lowest BCUT2D eigenvalue weighted by Gasteiger charge is -2.03. The smallest absolute Gasteiger partial charge is 0.187 e. The maximum absolute atomic E-state index is 5.94. The fraction of sp³-hybridized carbons (Fsp3) is 0. The molecule has 0 amide bonds. The normalized spacial score (nSPS) is 10.9. The molecule has 0 aliphatic rings. The van der Waals surface area contributed by atoms with Crippen molar-refractivity contribution in [1.82, 2.24) is 19.8 Å². The SMILES string of the molecule is Nc1ccc(Br)cc1-c1nnc2cccnn12. The van der Waals surface area contributed by atoms with E-state index in [9.17, 15) is 0 Å². The lowest BCUT2D eigenvalue weighted by atomic mass is 10.2. The topological polar surface area (TPSA) is 69.1 Å². The lowest BCUT2D eigenvalue weighted by molar-refractivity contribution is 0.936. The molecule has 5 nitrogen and oxygen atoms in total. The van der Waals surface area contributed by atoms with Crippen molar-refractivity contribution in [1.29, 1.82) is 0 Å². The second kappa shape index (κ2) is 3.81. The molecular weight excluding hydrogens is 282 g/mol. The van der Waals surface area contributed by atoms with Gasteiger partial charge < -0.3 is 5.73 Å². The number of nitrogens with zero attached hydrogens (tertiary/aromatic N) is 4. The highest BCUT2D eigenvalue weighted by Crippen LogP contribution is 2.27. The molecule has 2 aromatic heterocycles. The summed E-state index contributed by atoms with van der Waals surface area (Å²) >= 11 is 3.41. The number of hydrogen-bond donors (Lipinski definition) is 1. The lowest BCUT2D eigenvalue weighted by Crippen LogP contribution is -1.97. The monoisotopic (exact) mass is 289 g/mol. The van der Waals surface area contributed by atoms with Crippen molar-refractivity contribution in [2.75, 3.05) is 5.73 Å². The Labute approximate surface area is 105 Å². The quantitative estimate of drug-likeness (QED) is 0.697. The van der Waals surface area contributed by atoms with Gasteiger partial charge in [-0.2, -0.15) is 9.61 Å². The van der Waals surface area contributed by atoms with E-state index in [2.05, 4.69) is 31.2 Å². The maximum Gasteiger partial charge on any atom is 0.187 e. The highest BCUT2D eigenvalue weighted by atomic mass is 79.9. The Morgan fingerprint density at radius 1 is 1.18 bits per heavy atom. The van der Waals surface area contributed by atoms with Crippen LogP contribution < -0.4 is 5.73 Å². The predicted octanol–water partition coefficient (Wildman–Crippen LogP) is 2.14. The zero-order valence-electron chi connectivity index (χ0n) is 8.71. The van der Waals surface area contributed by atoms with Gasteiger partial charge in [0.25, 0.3) is 0 Å². The summed E-state index contributed by atoms with van der Waals surface area (Å²) in [6, 6.07) is 9.27.